The number of aromatic nitrogens is 2. The topological polar surface area (TPSA) is 146 Å². The number of carbonyl (C=O) groups is 2. The summed E-state index contributed by atoms with van der Waals surface area (Å²) in [4.78, 5) is 49.0. The molecule has 0 aliphatic carbocycles. The summed E-state index contributed by atoms with van der Waals surface area (Å²) in [5.41, 5.74) is -0.928. The molecule has 1 aliphatic rings. The normalized spacial score (nSPS) is 26.8. The minimum absolute atomic E-state index is 0.0206. The summed E-state index contributed by atoms with van der Waals surface area (Å²) in [5, 5.41) is -0.0301. The Bertz CT molecular complexity index is 908. The first-order valence-electron chi connectivity index (χ1n) is 9.44. The predicted octanol–water partition coefficient (Wildman–Crippen LogP) is 1.24. The van der Waals surface area contributed by atoms with Crippen LogP contribution in [-0.2, 0) is 28.2 Å². The first-order chi connectivity index (χ1) is 14.3. The van der Waals surface area contributed by atoms with Gasteiger partial charge in [-0.15, -0.1) is 0 Å². The summed E-state index contributed by atoms with van der Waals surface area (Å²) >= 11 is 0. The molecule has 0 radical (unpaired) electrons. The van der Waals surface area contributed by atoms with Crippen molar-refractivity contribution in [2.45, 2.75) is 51.5 Å². The van der Waals surface area contributed by atoms with Gasteiger partial charge in [0.05, 0.1) is 12.5 Å². The second-order valence-corrected chi connectivity index (χ2v) is 9.30. The van der Waals surface area contributed by atoms with Gasteiger partial charge in [0, 0.05) is 12.1 Å². The van der Waals surface area contributed by atoms with Gasteiger partial charge < -0.3 is 24.2 Å². The molecule has 1 aromatic heterocycles. The summed E-state index contributed by atoms with van der Waals surface area (Å²) in [5.74, 6) is -2.02. The van der Waals surface area contributed by atoms with Crippen LogP contribution in [0.5, 0.6) is 0 Å². The number of hydrogen-bond donors (Lipinski definition) is 2. The second kappa shape index (κ2) is 10.3. The SMILES string of the molecule is CC(C)C(=O)Nc1ccn([C@@H]2O[C@H](CO[PH](=O)O)C(OC(=O)C(C)C)C2(F)P)c(=O)n1. The van der Waals surface area contributed by atoms with Gasteiger partial charge in [0.15, 0.2) is 12.3 Å². The largest absolute Gasteiger partial charge is 0.455 e. The van der Waals surface area contributed by atoms with Gasteiger partial charge in [0.2, 0.25) is 11.3 Å². The fourth-order valence-corrected chi connectivity index (χ4v) is 3.51. The Labute approximate surface area is 180 Å². The molecule has 2 rings (SSSR count). The molecule has 11 nitrogen and oxygen atoms in total. The first kappa shape index (κ1) is 25.5. The molecule has 2 N–H and O–H groups in total. The lowest BCUT2D eigenvalue weighted by molar-refractivity contribution is -0.159. The minimum atomic E-state index is -3.36. The molecule has 2 heterocycles. The van der Waals surface area contributed by atoms with Crippen LogP contribution in [0.1, 0.15) is 33.9 Å². The van der Waals surface area contributed by atoms with E-state index in [1.165, 1.54) is 12.3 Å². The fraction of sp³-hybridized carbons (Fsp3) is 0.647. The van der Waals surface area contributed by atoms with E-state index in [2.05, 4.69) is 14.8 Å². The molecule has 1 aromatic rings. The van der Waals surface area contributed by atoms with Gasteiger partial charge in [0.1, 0.15) is 11.9 Å². The van der Waals surface area contributed by atoms with E-state index in [0.29, 0.717) is 0 Å². The van der Waals surface area contributed by atoms with Crippen molar-refractivity contribution in [3.8, 4) is 0 Å². The van der Waals surface area contributed by atoms with Gasteiger partial charge in [-0.2, -0.15) is 4.98 Å². The number of halogens is 1. The molecule has 0 bridgehead atoms. The Balaban J connectivity index is 2.34. The van der Waals surface area contributed by atoms with Crippen molar-refractivity contribution in [1.29, 1.82) is 0 Å². The molecule has 0 saturated carbocycles. The number of nitrogens with one attached hydrogen (secondary N) is 1. The van der Waals surface area contributed by atoms with Crippen molar-refractivity contribution in [3.05, 3.63) is 22.7 Å². The van der Waals surface area contributed by atoms with Crippen molar-refractivity contribution < 1.29 is 37.4 Å². The highest BCUT2D eigenvalue weighted by atomic mass is 31.1. The van der Waals surface area contributed by atoms with E-state index >= 15 is 4.39 Å². The monoisotopic (exact) mass is 481 g/mol. The Kier molecular flexibility index (Phi) is 8.47. The van der Waals surface area contributed by atoms with Crippen molar-refractivity contribution in [2.24, 2.45) is 11.8 Å². The van der Waals surface area contributed by atoms with Crippen LogP contribution in [0.15, 0.2) is 17.1 Å². The molecule has 1 saturated heterocycles. The number of amides is 1. The smallest absolute Gasteiger partial charge is 0.351 e. The van der Waals surface area contributed by atoms with E-state index in [-0.39, 0.29) is 17.6 Å². The lowest BCUT2D eigenvalue weighted by Gasteiger charge is -2.28. The van der Waals surface area contributed by atoms with Crippen molar-refractivity contribution in [3.63, 3.8) is 0 Å². The van der Waals surface area contributed by atoms with Gasteiger partial charge >= 0.3 is 19.9 Å². The maximum atomic E-state index is 15.7. The van der Waals surface area contributed by atoms with E-state index in [9.17, 15) is 18.9 Å². The van der Waals surface area contributed by atoms with Gasteiger partial charge in [0.25, 0.3) is 0 Å². The van der Waals surface area contributed by atoms with E-state index in [1.54, 1.807) is 27.7 Å². The summed E-state index contributed by atoms with van der Waals surface area (Å²) in [6.45, 7) is 5.88. The van der Waals surface area contributed by atoms with Crippen LogP contribution in [0.25, 0.3) is 0 Å². The lowest BCUT2D eigenvalue weighted by Crippen LogP contribution is -2.44. The predicted molar refractivity (Wildman–Crippen MR) is 111 cm³/mol. The average Bonchev–Trinajstić information content (AvgIpc) is 2.90. The first-order valence-corrected chi connectivity index (χ1v) is 11.3. The molecule has 14 heteroatoms. The van der Waals surface area contributed by atoms with Crippen molar-refractivity contribution in [1.82, 2.24) is 9.55 Å². The van der Waals surface area contributed by atoms with Crippen LogP contribution in [0, 0.1) is 11.8 Å². The molecule has 1 fully saturated rings. The number of carbonyl (C=O) groups excluding carboxylic acids is 2. The van der Waals surface area contributed by atoms with Crippen LogP contribution in [0.2, 0.25) is 0 Å². The van der Waals surface area contributed by atoms with E-state index < -0.39 is 56.3 Å². The zero-order valence-corrected chi connectivity index (χ0v) is 19.6. The molecular weight excluding hydrogens is 455 g/mol. The fourth-order valence-electron chi connectivity index (χ4n) is 2.68. The van der Waals surface area contributed by atoms with Crippen molar-refractivity contribution >= 4 is 35.2 Å². The van der Waals surface area contributed by atoms with Gasteiger partial charge in [-0.3, -0.25) is 18.7 Å². The second-order valence-electron chi connectivity index (χ2n) is 7.59. The number of rotatable bonds is 8. The highest BCUT2D eigenvalue weighted by molar-refractivity contribution is 7.32. The summed E-state index contributed by atoms with van der Waals surface area (Å²) in [7, 11) is -1.50. The third-order valence-electron chi connectivity index (χ3n) is 4.40. The Hall–Kier alpha value is -1.71. The highest BCUT2D eigenvalue weighted by Gasteiger charge is 2.58. The lowest BCUT2D eigenvalue weighted by atomic mass is 10.1. The number of esters is 1. The van der Waals surface area contributed by atoms with Gasteiger partial charge in [-0.05, 0) is 6.07 Å². The third kappa shape index (κ3) is 6.17. The Morgan fingerprint density at radius 1 is 1.42 bits per heavy atom. The molecular formula is C17H26FN3O8P2. The summed E-state index contributed by atoms with van der Waals surface area (Å²) in [6, 6.07) is 1.29. The quantitative estimate of drug-likeness (QED) is 0.414. The zero-order chi connectivity index (χ0) is 23.5. The third-order valence-corrected chi connectivity index (χ3v) is 5.43. The van der Waals surface area contributed by atoms with Crippen LogP contribution in [-0.4, -0.2) is 50.5 Å². The molecule has 174 valence electrons. The molecule has 1 amide bonds. The van der Waals surface area contributed by atoms with E-state index in [0.717, 1.165) is 4.57 Å². The van der Waals surface area contributed by atoms with Gasteiger partial charge in [-0.25, -0.2) is 9.18 Å². The molecule has 4 unspecified atom stereocenters. The summed E-state index contributed by atoms with van der Waals surface area (Å²) in [6.07, 6.45) is -3.25. The number of ether oxygens (including phenoxy) is 2. The maximum absolute atomic E-state index is 15.7. The van der Waals surface area contributed by atoms with E-state index in [4.69, 9.17) is 14.4 Å². The molecule has 0 spiro atoms. The Morgan fingerprint density at radius 3 is 2.58 bits per heavy atom. The Morgan fingerprint density at radius 2 is 2.06 bits per heavy atom. The zero-order valence-electron chi connectivity index (χ0n) is 17.4. The standard InChI is InChI=1S/C17H26FN3O8P2/c1-8(2)13(22)19-11-5-6-21(16(24)20-11)15-17(18,30)12(29-14(23)9(3)4)10(28-15)7-27-31(25)26/h5-6,8-10,12,15,31H,7,30H2,1-4H3,(H,25,26)(H,19,20,22,24)/t10-,12?,15-,17?/m1/s1. The van der Waals surface area contributed by atoms with Crippen LogP contribution < -0.4 is 11.0 Å². The molecule has 6 atom stereocenters. The van der Waals surface area contributed by atoms with Crippen molar-refractivity contribution in [2.75, 3.05) is 11.9 Å². The van der Waals surface area contributed by atoms with E-state index in [1.807, 2.05) is 9.24 Å². The van der Waals surface area contributed by atoms with Crippen LogP contribution >= 0.6 is 17.5 Å². The van der Waals surface area contributed by atoms with Crippen LogP contribution in [0.4, 0.5) is 10.2 Å². The maximum Gasteiger partial charge on any atom is 0.351 e. The highest BCUT2D eigenvalue weighted by Crippen LogP contribution is 2.48. The number of hydrogen-bond acceptors (Lipinski definition) is 8. The molecule has 1 aliphatic heterocycles. The number of alkyl halides is 1. The minimum Gasteiger partial charge on any atom is -0.455 e. The van der Waals surface area contributed by atoms with Gasteiger partial charge in [-0.1, -0.05) is 36.9 Å². The summed E-state index contributed by atoms with van der Waals surface area (Å²) < 4.78 is 42.9. The molecule has 0 aromatic carbocycles. The van der Waals surface area contributed by atoms with Crippen LogP contribution in [0.3, 0.4) is 0 Å². The number of nitrogens with zero attached hydrogens (tertiary/aromatic N) is 2. The molecule has 31 heavy (non-hydrogen) atoms. The number of anilines is 1. The average molecular weight is 481 g/mol.